The van der Waals surface area contributed by atoms with Gasteiger partial charge in [0, 0.05) is 13.0 Å². The van der Waals surface area contributed by atoms with Crippen LogP contribution in [0.5, 0.6) is 0 Å². The standard InChI is InChI=1S/C4H7F3O.C2H2N2S/c5-4(6,7)2-1-3-8;1-2-4-5-3-1/h8H,1-3H2;1-2H. The molecule has 0 saturated carbocycles. The highest BCUT2D eigenvalue weighted by Crippen LogP contribution is 2.20. The number of hydrogen-bond donors (Lipinski definition) is 1. The molecular formula is C6H9F3N2OS. The van der Waals surface area contributed by atoms with Gasteiger partial charge >= 0.3 is 6.18 Å². The van der Waals surface area contributed by atoms with Gasteiger partial charge in [-0.3, -0.25) is 0 Å². The molecule has 0 amide bonds. The molecule has 0 atom stereocenters. The van der Waals surface area contributed by atoms with Crippen LogP contribution >= 0.6 is 11.7 Å². The summed E-state index contributed by atoms with van der Waals surface area (Å²) >= 11 is 1.21. The van der Waals surface area contributed by atoms with Gasteiger partial charge in [-0.25, -0.2) is 0 Å². The lowest BCUT2D eigenvalue weighted by atomic mass is 10.3. The summed E-state index contributed by atoms with van der Waals surface area (Å²) in [5.74, 6) is 0. The second-order valence-corrected chi connectivity index (χ2v) is 2.62. The molecule has 1 rings (SSSR count). The number of nitrogens with zero attached hydrogens (tertiary/aromatic N) is 2. The molecule has 13 heavy (non-hydrogen) atoms. The van der Waals surface area contributed by atoms with E-state index in [2.05, 4.69) is 8.75 Å². The van der Waals surface area contributed by atoms with Gasteiger partial charge in [-0.2, -0.15) is 21.9 Å². The lowest BCUT2D eigenvalue weighted by molar-refractivity contribution is -0.136. The average Bonchev–Trinajstić information content (AvgIpc) is 2.56. The molecular weight excluding hydrogens is 205 g/mol. The molecule has 1 aromatic heterocycles. The molecule has 1 N–H and O–H groups in total. The Kier molecular flexibility index (Phi) is 6.43. The maximum atomic E-state index is 11.1. The molecule has 1 heterocycles. The Morgan fingerprint density at radius 1 is 1.23 bits per heavy atom. The second kappa shape index (κ2) is 6.79. The lowest BCUT2D eigenvalue weighted by Crippen LogP contribution is -2.07. The Hall–Kier alpha value is -0.690. The van der Waals surface area contributed by atoms with E-state index in [-0.39, 0.29) is 13.0 Å². The Morgan fingerprint density at radius 3 is 1.92 bits per heavy atom. The van der Waals surface area contributed by atoms with Crippen LogP contribution < -0.4 is 0 Å². The van der Waals surface area contributed by atoms with E-state index in [1.807, 2.05) is 0 Å². The highest BCUT2D eigenvalue weighted by molar-refractivity contribution is 6.98. The van der Waals surface area contributed by atoms with Gasteiger partial charge in [0.05, 0.1) is 24.1 Å². The van der Waals surface area contributed by atoms with Crippen molar-refractivity contribution in [1.82, 2.24) is 8.75 Å². The summed E-state index contributed by atoms with van der Waals surface area (Å²) in [5, 5.41) is 7.93. The van der Waals surface area contributed by atoms with Gasteiger partial charge < -0.3 is 5.11 Å². The zero-order valence-electron chi connectivity index (χ0n) is 6.66. The minimum Gasteiger partial charge on any atom is -0.396 e. The topological polar surface area (TPSA) is 46.0 Å². The average molecular weight is 214 g/mol. The lowest BCUT2D eigenvalue weighted by Gasteiger charge is -2.01. The van der Waals surface area contributed by atoms with Gasteiger partial charge in [-0.05, 0) is 6.42 Å². The maximum absolute atomic E-state index is 11.1. The van der Waals surface area contributed by atoms with Crippen LogP contribution in [0.3, 0.4) is 0 Å². The summed E-state index contributed by atoms with van der Waals surface area (Å²) in [6.45, 7) is -0.389. The largest absolute Gasteiger partial charge is 0.396 e. The van der Waals surface area contributed by atoms with Gasteiger partial charge in [-0.1, -0.05) is 0 Å². The zero-order chi connectivity index (χ0) is 10.2. The molecule has 0 aliphatic rings. The van der Waals surface area contributed by atoms with Crippen LogP contribution in [0.15, 0.2) is 12.4 Å². The smallest absolute Gasteiger partial charge is 0.389 e. The third-order valence-corrected chi connectivity index (χ3v) is 1.33. The minimum absolute atomic E-state index is 0.191. The summed E-state index contributed by atoms with van der Waals surface area (Å²) in [6.07, 6.45) is -1.87. The first-order chi connectivity index (χ1) is 6.06. The molecule has 0 radical (unpaired) electrons. The molecule has 0 bridgehead atoms. The second-order valence-electron chi connectivity index (χ2n) is 2.03. The Morgan fingerprint density at radius 2 is 1.77 bits per heavy atom. The number of alkyl halides is 3. The fourth-order valence-electron chi connectivity index (χ4n) is 0.416. The van der Waals surface area contributed by atoms with E-state index in [1.165, 1.54) is 11.7 Å². The molecule has 0 saturated heterocycles. The SMILES string of the molecule is OCCCC(F)(F)F.c1cnsn1. The van der Waals surface area contributed by atoms with Gasteiger partial charge in [0.1, 0.15) is 0 Å². The molecule has 0 aliphatic heterocycles. The number of rotatable bonds is 2. The van der Waals surface area contributed by atoms with Crippen LogP contribution in [0.2, 0.25) is 0 Å². The molecule has 0 fully saturated rings. The number of aliphatic hydroxyl groups is 1. The highest BCUT2D eigenvalue weighted by Gasteiger charge is 2.25. The number of aromatic nitrogens is 2. The van der Waals surface area contributed by atoms with Crippen LogP contribution in [0, 0.1) is 0 Å². The predicted octanol–water partition coefficient (Wildman–Crippen LogP) is 1.86. The number of aliphatic hydroxyl groups excluding tert-OH is 1. The van der Waals surface area contributed by atoms with Gasteiger partial charge in [-0.15, -0.1) is 0 Å². The van der Waals surface area contributed by atoms with Crippen LogP contribution in [-0.2, 0) is 0 Å². The minimum atomic E-state index is -4.11. The quantitative estimate of drug-likeness (QED) is 0.817. The molecule has 3 nitrogen and oxygen atoms in total. The van der Waals surface area contributed by atoms with Gasteiger partial charge in [0.2, 0.25) is 0 Å². The zero-order valence-corrected chi connectivity index (χ0v) is 7.48. The third kappa shape index (κ3) is 11.3. The van der Waals surface area contributed by atoms with Crippen molar-refractivity contribution < 1.29 is 18.3 Å². The van der Waals surface area contributed by atoms with Crippen LogP contribution in [0.4, 0.5) is 13.2 Å². The summed E-state index contributed by atoms with van der Waals surface area (Å²) in [5.41, 5.74) is 0. The van der Waals surface area contributed by atoms with Crippen LogP contribution in [-0.4, -0.2) is 26.6 Å². The van der Waals surface area contributed by atoms with Crippen molar-refractivity contribution in [3.8, 4) is 0 Å². The molecule has 0 unspecified atom stereocenters. The first-order valence-electron chi connectivity index (χ1n) is 3.45. The maximum Gasteiger partial charge on any atom is 0.389 e. The van der Waals surface area contributed by atoms with E-state index < -0.39 is 12.6 Å². The molecule has 1 aromatic rings. The summed E-state index contributed by atoms with van der Waals surface area (Å²) in [7, 11) is 0. The van der Waals surface area contributed by atoms with Crippen molar-refractivity contribution in [1.29, 1.82) is 0 Å². The highest BCUT2D eigenvalue weighted by atomic mass is 32.1. The predicted molar refractivity (Wildman–Crippen MR) is 42.3 cm³/mol. The molecule has 76 valence electrons. The monoisotopic (exact) mass is 214 g/mol. The number of halogens is 3. The summed E-state index contributed by atoms with van der Waals surface area (Å²) in [4.78, 5) is 0. The van der Waals surface area contributed by atoms with E-state index >= 15 is 0 Å². The normalized spacial score (nSPS) is 10.5. The molecule has 0 aliphatic carbocycles. The molecule has 7 heteroatoms. The fraction of sp³-hybridized carbons (Fsp3) is 0.667. The van der Waals surface area contributed by atoms with Crippen molar-refractivity contribution in [3.63, 3.8) is 0 Å². The Labute approximate surface area is 77.5 Å². The third-order valence-electron chi connectivity index (χ3n) is 0.901. The summed E-state index contributed by atoms with van der Waals surface area (Å²) < 4.78 is 40.7. The molecule has 0 spiro atoms. The molecule has 0 aromatic carbocycles. The van der Waals surface area contributed by atoms with Crippen molar-refractivity contribution in [3.05, 3.63) is 12.4 Å². The van der Waals surface area contributed by atoms with E-state index in [0.717, 1.165) is 0 Å². The first-order valence-corrected chi connectivity index (χ1v) is 4.18. The van der Waals surface area contributed by atoms with Crippen LogP contribution in [0.1, 0.15) is 12.8 Å². The van der Waals surface area contributed by atoms with E-state index in [9.17, 15) is 13.2 Å². The van der Waals surface area contributed by atoms with Gasteiger partial charge in [0.25, 0.3) is 0 Å². The van der Waals surface area contributed by atoms with E-state index in [1.54, 1.807) is 12.4 Å². The van der Waals surface area contributed by atoms with E-state index in [0.29, 0.717) is 0 Å². The van der Waals surface area contributed by atoms with Crippen LogP contribution in [0.25, 0.3) is 0 Å². The van der Waals surface area contributed by atoms with Crippen molar-refractivity contribution >= 4 is 11.7 Å². The Bertz CT molecular complexity index is 173. The van der Waals surface area contributed by atoms with Gasteiger partial charge in [0.15, 0.2) is 0 Å². The van der Waals surface area contributed by atoms with Crippen molar-refractivity contribution in [2.45, 2.75) is 19.0 Å². The fourth-order valence-corrected chi connectivity index (χ4v) is 0.688. The van der Waals surface area contributed by atoms with Crippen molar-refractivity contribution in [2.24, 2.45) is 0 Å². The Balaban J connectivity index is 0.000000243. The van der Waals surface area contributed by atoms with Crippen molar-refractivity contribution in [2.75, 3.05) is 6.61 Å². The number of hydrogen-bond acceptors (Lipinski definition) is 4. The first kappa shape index (κ1) is 12.3. The van der Waals surface area contributed by atoms with E-state index in [4.69, 9.17) is 5.11 Å². The summed E-state index contributed by atoms with van der Waals surface area (Å²) in [6, 6.07) is 0.